The molecule has 0 heterocycles. The second-order valence-corrected chi connectivity index (χ2v) is 6.95. The van der Waals surface area contributed by atoms with Crippen molar-refractivity contribution in [3.8, 4) is 0 Å². The van der Waals surface area contributed by atoms with Crippen molar-refractivity contribution >= 4 is 6.09 Å². The van der Waals surface area contributed by atoms with E-state index in [0.29, 0.717) is 6.04 Å². The molecule has 4 heteroatoms. The SMILES string of the molecule is CCC(CNC1CCc2ccccc21)NC(=O)OC(C)(C)C. The van der Waals surface area contributed by atoms with Gasteiger partial charge in [-0.05, 0) is 51.2 Å². The number of carbonyl (C=O) groups is 1. The molecule has 1 aromatic rings. The van der Waals surface area contributed by atoms with Crippen molar-refractivity contribution < 1.29 is 9.53 Å². The fourth-order valence-corrected chi connectivity index (χ4v) is 2.83. The molecule has 0 aromatic heterocycles. The first-order chi connectivity index (χ1) is 10.4. The van der Waals surface area contributed by atoms with Crippen LogP contribution in [0.5, 0.6) is 0 Å². The van der Waals surface area contributed by atoms with Crippen molar-refractivity contribution in [3.05, 3.63) is 35.4 Å². The summed E-state index contributed by atoms with van der Waals surface area (Å²) >= 11 is 0. The van der Waals surface area contributed by atoms with Gasteiger partial charge < -0.3 is 15.4 Å². The van der Waals surface area contributed by atoms with Crippen molar-refractivity contribution in [1.29, 1.82) is 0 Å². The van der Waals surface area contributed by atoms with Crippen molar-refractivity contribution in [1.82, 2.24) is 10.6 Å². The van der Waals surface area contributed by atoms with Crippen LogP contribution in [0.1, 0.15) is 57.7 Å². The zero-order valence-electron chi connectivity index (χ0n) is 14.1. The molecule has 2 unspecified atom stereocenters. The topological polar surface area (TPSA) is 50.4 Å². The van der Waals surface area contributed by atoms with Crippen LogP contribution in [0.15, 0.2) is 24.3 Å². The maximum atomic E-state index is 11.9. The Morgan fingerprint density at radius 1 is 1.36 bits per heavy atom. The Bertz CT molecular complexity index is 508. The summed E-state index contributed by atoms with van der Waals surface area (Å²) in [5.41, 5.74) is 2.38. The number of ether oxygens (including phenoxy) is 1. The third kappa shape index (κ3) is 4.73. The largest absolute Gasteiger partial charge is 0.444 e. The number of hydrogen-bond donors (Lipinski definition) is 2. The van der Waals surface area contributed by atoms with Gasteiger partial charge >= 0.3 is 6.09 Å². The van der Waals surface area contributed by atoms with Gasteiger partial charge in [0.15, 0.2) is 0 Å². The average molecular weight is 304 g/mol. The van der Waals surface area contributed by atoms with Gasteiger partial charge in [0.25, 0.3) is 0 Å². The molecule has 1 aliphatic rings. The van der Waals surface area contributed by atoms with Crippen LogP contribution in [-0.2, 0) is 11.2 Å². The molecule has 4 nitrogen and oxygen atoms in total. The van der Waals surface area contributed by atoms with E-state index in [-0.39, 0.29) is 12.1 Å². The first kappa shape index (κ1) is 16.8. The van der Waals surface area contributed by atoms with Crippen LogP contribution in [0, 0.1) is 0 Å². The van der Waals surface area contributed by atoms with Crippen LogP contribution in [0.3, 0.4) is 0 Å². The number of aryl methyl sites for hydroxylation is 1. The average Bonchev–Trinajstić information content (AvgIpc) is 2.84. The highest BCUT2D eigenvalue weighted by molar-refractivity contribution is 5.68. The molecule has 1 amide bonds. The highest BCUT2D eigenvalue weighted by Crippen LogP contribution is 2.30. The predicted octanol–water partition coefficient (Wildman–Crippen LogP) is 3.57. The molecule has 0 saturated heterocycles. The van der Waals surface area contributed by atoms with Crippen LogP contribution < -0.4 is 10.6 Å². The van der Waals surface area contributed by atoms with Crippen molar-refractivity contribution in [2.24, 2.45) is 0 Å². The second-order valence-electron chi connectivity index (χ2n) is 6.95. The fourth-order valence-electron chi connectivity index (χ4n) is 2.83. The third-order valence-corrected chi connectivity index (χ3v) is 3.96. The van der Waals surface area contributed by atoms with Crippen LogP contribution >= 0.6 is 0 Å². The summed E-state index contributed by atoms with van der Waals surface area (Å²) in [6, 6.07) is 9.07. The number of alkyl carbamates (subject to hydrolysis) is 1. The monoisotopic (exact) mass is 304 g/mol. The normalized spacial score (nSPS) is 18.6. The number of fused-ring (bicyclic) bond motifs is 1. The van der Waals surface area contributed by atoms with Crippen LogP contribution in [0.4, 0.5) is 4.79 Å². The number of hydrogen-bond acceptors (Lipinski definition) is 3. The van der Waals surface area contributed by atoms with E-state index >= 15 is 0 Å². The molecular formula is C18H28N2O2. The Hall–Kier alpha value is -1.55. The summed E-state index contributed by atoms with van der Waals surface area (Å²) in [6.45, 7) is 8.46. The summed E-state index contributed by atoms with van der Waals surface area (Å²) in [6.07, 6.45) is 2.79. The van der Waals surface area contributed by atoms with E-state index < -0.39 is 5.60 Å². The van der Waals surface area contributed by atoms with Gasteiger partial charge in [-0.15, -0.1) is 0 Å². The van der Waals surface area contributed by atoms with Gasteiger partial charge in [0, 0.05) is 18.6 Å². The molecular weight excluding hydrogens is 276 g/mol. The number of benzene rings is 1. The summed E-state index contributed by atoms with van der Waals surface area (Å²) in [5, 5.41) is 6.53. The molecule has 2 atom stereocenters. The van der Waals surface area contributed by atoms with Crippen LogP contribution in [-0.4, -0.2) is 24.3 Å². The highest BCUT2D eigenvalue weighted by Gasteiger charge is 2.23. The van der Waals surface area contributed by atoms with Gasteiger partial charge in [-0.1, -0.05) is 31.2 Å². The molecule has 0 spiro atoms. The lowest BCUT2D eigenvalue weighted by Crippen LogP contribution is -2.44. The molecule has 2 rings (SSSR count). The summed E-state index contributed by atoms with van der Waals surface area (Å²) in [4.78, 5) is 11.9. The Balaban J connectivity index is 1.83. The van der Waals surface area contributed by atoms with E-state index in [1.54, 1.807) is 0 Å². The Labute approximate surface area is 133 Å². The van der Waals surface area contributed by atoms with Gasteiger partial charge in [-0.2, -0.15) is 0 Å². The Morgan fingerprint density at radius 2 is 2.09 bits per heavy atom. The van der Waals surface area contributed by atoms with E-state index in [1.165, 1.54) is 11.1 Å². The van der Waals surface area contributed by atoms with E-state index in [2.05, 4.69) is 41.8 Å². The molecule has 0 bridgehead atoms. The summed E-state index contributed by atoms with van der Waals surface area (Å²) in [7, 11) is 0. The van der Waals surface area contributed by atoms with E-state index in [4.69, 9.17) is 4.74 Å². The maximum Gasteiger partial charge on any atom is 0.407 e. The van der Waals surface area contributed by atoms with Crippen molar-refractivity contribution in [2.45, 2.75) is 64.6 Å². The fraction of sp³-hybridized carbons (Fsp3) is 0.611. The molecule has 0 aliphatic heterocycles. The number of rotatable bonds is 5. The second kappa shape index (κ2) is 7.14. The smallest absolute Gasteiger partial charge is 0.407 e. The minimum absolute atomic E-state index is 0.0858. The number of amides is 1. The highest BCUT2D eigenvalue weighted by atomic mass is 16.6. The van der Waals surface area contributed by atoms with Crippen LogP contribution in [0.25, 0.3) is 0 Å². The minimum Gasteiger partial charge on any atom is -0.444 e. The van der Waals surface area contributed by atoms with Crippen molar-refractivity contribution in [2.75, 3.05) is 6.54 Å². The minimum atomic E-state index is -0.458. The molecule has 0 radical (unpaired) electrons. The lowest BCUT2D eigenvalue weighted by Gasteiger charge is -2.24. The molecule has 0 fully saturated rings. The Morgan fingerprint density at radius 3 is 2.77 bits per heavy atom. The maximum absolute atomic E-state index is 11.9. The van der Waals surface area contributed by atoms with E-state index in [0.717, 1.165) is 25.8 Å². The first-order valence-corrected chi connectivity index (χ1v) is 8.19. The van der Waals surface area contributed by atoms with Crippen molar-refractivity contribution in [3.63, 3.8) is 0 Å². The van der Waals surface area contributed by atoms with Gasteiger partial charge in [-0.25, -0.2) is 4.79 Å². The standard InChI is InChI=1S/C18H28N2O2/c1-5-14(20-17(21)22-18(2,3)4)12-19-16-11-10-13-8-6-7-9-15(13)16/h6-9,14,16,19H,5,10-12H2,1-4H3,(H,20,21). The van der Waals surface area contributed by atoms with Gasteiger partial charge in [0.2, 0.25) is 0 Å². The Kier molecular flexibility index (Phi) is 5.46. The molecule has 1 aliphatic carbocycles. The number of nitrogens with one attached hydrogen (secondary N) is 2. The molecule has 122 valence electrons. The lowest BCUT2D eigenvalue weighted by atomic mass is 10.1. The zero-order chi connectivity index (χ0) is 16.2. The number of carbonyl (C=O) groups excluding carboxylic acids is 1. The van der Waals surface area contributed by atoms with Crippen LogP contribution in [0.2, 0.25) is 0 Å². The van der Waals surface area contributed by atoms with Gasteiger partial charge in [-0.3, -0.25) is 0 Å². The molecule has 22 heavy (non-hydrogen) atoms. The molecule has 1 aromatic carbocycles. The molecule has 0 saturated carbocycles. The lowest BCUT2D eigenvalue weighted by molar-refractivity contribution is 0.0502. The zero-order valence-corrected chi connectivity index (χ0v) is 14.1. The predicted molar refractivity (Wildman–Crippen MR) is 89.0 cm³/mol. The summed E-state index contributed by atoms with van der Waals surface area (Å²) < 4.78 is 5.32. The van der Waals surface area contributed by atoms with E-state index in [9.17, 15) is 4.79 Å². The van der Waals surface area contributed by atoms with E-state index in [1.807, 2.05) is 20.8 Å². The summed E-state index contributed by atoms with van der Waals surface area (Å²) in [5.74, 6) is 0. The quantitative estimate of drug-likeness (QED) is 0.874. The van der Waals surface area contributed by atoms with Gasteiger partial charge in [0.1, 0.15) is 5.60 Å². The van der Waals surface area contributed by atoms with Gasteiger partial charge in [0.05, 0.1) is 0 Å². The molecule has 2 N–H and O–H groups in total. The first-order valence-electron chi connectivity index (χ1n) is 8.19. The third-order valence-electron chi connectivity index (χ3n) is 3.96.